The van der Waals surface area contributed by atoms with Crippen molar-refractivity contribution in [2.24, 2.45) is 7.05 Å². The molecule has 3 heterocycles. The molecule has 4 rings (SSSR count). The van der Waals surface area contributed by atoms with Gasteiger partial charge in [0.1, 0.15) is 11.8 Å². The lowest BCUT2D eigenvalue weighted by Crippen LogP contribution is -2.40. The van der Waals surface area contributed by atoms with E-state index < -0.39 is 22.5 Å². The van der Waals surface area contributed by atoms with Crippen LogP contribution in [0.15, 0.2) is 30.6 Å². The van der Waals surface area contributed by atoms with Gasteiger partial charge in [0.15, 0.2) is 5.82 Å². The van der Waals surface area contributed by atoms with E-state index in [2.05, 4.69) is 15.3 Å². The van der Waals surface area contributed by atoms with E-state index in [0.29, 0.717) is 35.5 Å². The highest BCUT2D eigenvalue weighted by Gasteiger charge is 2.30. The molecule has 194 valence electrons. The van der Waals surface area contributed by atoms with Crippen LogP contribution in [-0.2, 0) is 24.8 Å². The summed E-state index contributed by atoms with van der Waals surface area (Å²) >= 11 is 0. The summed E-state index contributed by atoms with van der Waals surface area (Å²) in [6.45, 7) is 9.70. The number of rotatable bonds is 4. The van der Waals surface area contributed by atoms with Gasteiger partial charge >= 0.3 is 6.09 Å². The third-order valence-corrected chi connectivity index (χ3v) is 6.37. The second-order valence-electron chi connectivity index (χ2n) is 10.1. The predicted octanol–water partition coefficient (Wildman–Crippen LogP) is 4.55. The van der Waals surface area contributed by atoms with Crippen LogP contribution in [0.4, 0.5) is 16.2 Å². The maximum absolute atomic E-state index is 13.3. The van der Waals surface area contributed by atoms with Gasteiger partial charge in [0, 0.05) is 48.7 Å². The Morgan fingerprint density at radius 3 is 2.54 bits per heavy atom. The SMILES string of the molecule is Cc1c(NC(=O)c2nc3c(n2C)CCN(C(=O)OC(C)(C)C)C3)cccc1-c1cncc([N+](=O)[O-])c1C. The van der Waals surface area contributed by atoms with Gasteiger partial charge in [0.05, 0.1) is 17.2 Å². The molecule has 0 spiro atoms. The molecule has 1 aliphatic heterocycles. The highest BCUT2D eigenvalue weighted by atomic mass is 16.6. The minimum Gasteiger partial charge on any atom is -0.444 e. The number of ether oxygens (including phenoxy) is 1. The molecule has 2 amide bonds. The lowest BCUT2D eigenvalue weighted by molar-refractivity contribution is -0.385. The van der Waals surface area contributed by atoms with E-state index in [1.165, 1.54) is 6.20 Å². The van der Waals surface area contributed by atoms with Gasteiger partial charge in [-0.15, -0.1) is 0 Å². The van der Waals surface area contributed by atoms with Crippen LogP contribution in [0, 0.1) is 24.0 Å². The third kappa shape index (κ3) is 5.16. The number of nitrogens with one attached hydrogen (secondary N) is 1. The Kier molecular flexibility index (Phi) is 6.72. The minimum atomic E-state index is -0.599. The van der Waals surface area contributed by atoms with Gasteiger partial charge in [0.25, 0.3) is 11.6 Å². The molecule has 11 nitrogen and oxygen atoms in total. The number of amides is 2. The summed E-state index contributed by atoms with van der Waals surface area (Å²) in [5.74, 6) is -0.163. The molecular weight excluding hydrogens is 476 g/mol. The molecule has 0 unspecified atom stereocenters. The lowest BCUT2D eigenvalue weighted by atomic mass is 9.96. The maximum Gasteiger partial charge on any atom is 0.410 e. The quantitative estimate of drug-likeness (QED) is 0.405. The molecule has 2 aromatic heterocycles. The van der Waals surface area contributed by atoms with Crippen LogP contribution in [0.25, 0.3) is 11.1 Å². The summed E-state index contributed by atoms with van der Waals surface area (Å²) in [5.41, 5.74) is 4.06. The largest absolute Gasteiger partial charge is 0.444 e. The molecule has 1 aliphatic rings. The molecule has 3 aromatic rings. The summed E-state index contributed by atoms with van der Waals surface area (Å²) in [7, 11) is 1.78. The van der Waals surface area contributed by atoms with Crippen molar-refractivity contribution in [3.63, 3.8) is 0 Å². The average molecular weight is 507 g/mol. The van der Waals surface area contributed by atoms with Gasteiger partial charge in [-0.25, -0.2) is 9.78 Å². The van der Waals surface area contributed by atoms with Crippen molar-refractivity contribution < 1.29 is 19.2 Å². The Morgan fingerprint density at radius 2 is 1.86 bits per heavy atom. The Morgan fingerprint density at radius 1 is 1.14 bits per heavy atom. The van der Waals surface area contributed by atoms with Gasteiger partial charge in [0.2, 0.25) is 0 Å². The van der Waals surface area contributed by atoms with E-state index in [1.54, 1.807) is 41.8 Å². The van der Waals surface area contributed by atoms with Gasteiger partial charge in [-0.1, -0.05) is 12.1 Å². The molecule has 0 atom stereocenters. The van der Waals surface area contributed by atoms with E-state index in [4.69, 9.17) is 4.74 Å². The van der Waals surface area contributed by atoms with Crippen LogP contribution in [0.1, 0.15) is 53.9 Å². The van der Waals surface area contributed by atoms with Crippen LogP contribution in [-0.4, -0.2) is 48.5 Å². The first kappa shape index (κ1) is 25.8. The molecule has 0 radical (unpaired) electrons. The van der Waals surface area contributed by atoms with Crippen LogP contribution in [0.2, 0.25) is 0 Å². The number of benzene rings is 1. The van der Waals surface area contributed by atoms with Gasteiger partial charge in [-0.2, -0.15) is 0 Å². The number of imidazole rings is 1. The Labute approximate surface area is 214 Å². The second-order valence-corrected chi connectivity index (χ2v) is 10.1. The molecular formula is C26H30N6O5. The highest BCUT2D eigenvalue weighted by Crippen LogP contribution is 2.34. The first-order valence-corrected chi connectivity index (χ1v) is 11.9. The van der Waals surface area contributed by atoms with Crippen LogP contribution in [0.5, 0.6) is 0 Å². The van der Waals surface area contributed by atoms with Crippen molar-refractivity contribution in [2.75, 3.05) is 11.9 Å². The highest BCUT2D eigenvalue weighted by molar-refractivity contribution is 6.03. The summed E-state index contributed by atoms with van der Waals surface area (Å²) in [6.07, 6.45) is 2.96. The Hall–Kier alpha value is -4.28. The number of hydrogen-bond donors (Lipinski definition) is 1. The van der Waals surface area contributed by atoms with Crippen molar-refractivity contribution in [2.45, 2.75) is 53.2 Å². The molecule has 0 aliphatic carbocycles. The molecule has 37 heavy (non-hydrogen) atoms. The molecule has 11 heteroatoms. The zero-order valence-corrected chi connectivity index (χ0v) is 21.8. The molecule has 0 saturated carbocycles. The third-order valence-electron chi connectivity index (χ3n) is 6.37. The maximum atomic E-state index is 13.3. The lowest BCUT2D eigenvalue weighted by Gasteiger charge is -2.29. The second kappa shape index (κ2) is 9.64. The van der Waals surface area contributed by atoms with Crippen LogP contribution < -0.4 is 5.32 Å². The zero-order valence-electron chi connectivity index (χ0n) is 21.8. The molecule has 1 aromatic carbocycles. The number of fused-ring (bicyclic) bond motifs is 1. The predicted molar refractivity (Wildman–Crippen MR) is 137 cm³/mol. The number of anilines is 1. The van der Waals surface area contributed by atoms with Crippen molar-refractivity contribution in [1.29, 1.82) is 0 Å². The molecule has 0 saturated heterocycles. The number of aromatic nitrogens is 3. The zero-order chi connectivity index (χ0) is 27.1. The summed E-state index contributed by atoms with van der Waals surface area (Å²) < 4.78 is 7.23. The first-order chi connectivity index (χ1) is 17.4. The smallest absolute Gasteiger partial charge is 0.410 e. The van der Waals surface area contributed by atoms with Crippen molar-refractivity contribution in [3.05, 3.63) is 69.0 Å². The number of carbonyl (C=O) groups excluding carboxylic acids is 2. The Bertz CT molecular complexity index is 1410. The van der Waals surface area contributed by atoms with E-state index in [1.807, 2.05) is 33.8 Å². The van der Waals surface area contributed by atoms with Crippen molar-refractivity contribution in [1.82, 2.24) is 19.4 Å². The van der Waals surface area contributed by atoms with E-state index in [9.17, 15) is 19.7 Å². The summed E-state index contributed by atoms with van der Waals surface area (Å²) in [6, 6.07) is 5.38. The first-order valence-electron chi connectivity index (χ1n) is 11.9. The fourth-order valence-electron chi connectivity index (χ4n) is 4.42. The van der Waals surface area contributed by atoms with E-state index >= 15 is 0 Å². The fourth-order valence-corrected chi connectivity index (χ4v) is 4.42. The van der Waals surface area contributed by atoms with E-state index in [-0.39, 0.29) is 18.1 Å². The van der Waals surface area contributed by atoms with Gasteiger partial charge < -0.3 is 19.5 Å². The number of pyridine rings is 1. The summed E-state index contributed by atoms with van der Waals surface area (Å²) in [4.78, 5) is 46.8. The van der Waals surface area contributed by atoms with Gasteiger partial charge in [-0.3, -0.25) is 19.9 Å². The standard InChI is InChI=1S/C26H30N6O5/c1-15-17(18-12-27-13-22(16(18)2)32(35)36)8-7-9-19(15)29-24(33)23-28-20-14-31(11-10-21(20)30(23)6)25(34)37-26(3,4)5/h7-9,12-13H,10-11,14H2,1-6H3,(H,29,33). The normalized spacial score (nSPS) is 13.2. The topological polar surface area (TPSA) is 132 Å². The monoisotopic (exact) mass is 506 g/mol. The van der Waals surface area contributed by atoms with Crippen LogP contribution >= 0.6 is 0 Å². The average Bonchev–Trinajstić information content (AvgIpc) is 3.15. The van der Waals surface area contributed by atoms with E-state index in [0.717, 1.165) is 16.8 Å². The fraction of sp³-hybridized carbons (Fsp3) is 0.385. The molecule has 0 bridgehead atoms. The Balaban J connectivity index is 1.58. The number of nitrogens with zero attached hydrogens (tertiary/aromatic N) is 5. The van der Waals surface area contributed by atoms with Crippen LogP contribution in [0.3, 0.4) is 0 Å². The molecule has 0 fully saturated rings. The van der Waals surface area contributed by atoms with Crippen molar-refractivity contribution >= 4 is 23.4 Å². The van der Waals surface area contributed by atoms with Gasteiger partial charge in [-0.05, 0) is 51.8 Å². The van der Waals surface area contributed by atoms with Crippen molar-refractivity contribution in [3.8, 4) is 11.1 Å². The minimum absolute atomic E-state index is 0.0645. The molecule has 1 N–H and O–H groups in total. The summed E-state index contributed by atoms with van der Waals surface area (Å²) in [5, 5.41) is 14.3. The number of carbonyl (C=O) groups is 2. The number of hydrogen-bond acceptors (Lipinski definition) is 7. The number of nitro groups is 1.